The van der Waals surface area contributed by atoms with E-state index in [1.54, 1.807) is 4.90 Å². The van der Waals surface area contributed by atoms with Crippen LogP contribution in [0.1, 0.15) is 47.7 Å². The van der Waals surface area contributed by atoms with Crippen LogP contribution in [0.5, 0.6) is 11.6 Å². The van der Waals surface area contributed by atoms with Gasteiger partial charge < -0.3 is 19.9 Å². The van der Waals surface area contributed by atoms with Gasteiger partial charge >= 0.3 is 6.03 Å². The number of rotatable bonds is 7. The lowest BCUT2D eigenvalue weighted by Crippen LogP contribution is -2.39. The normalized spacial score (nSPS) is 12.7. The van der Waals surface area contributed by atoms with E-state index in [9.17, 15) is 4.79 Å². The summed E-state index contributed by atoms with van der Waals surface area (Å²) in [5, 5.41) is 3.04. The van der Waals surface area contributed by atoms with Crippen molar-refractivity contribution in [2.75, 3.05) is 23.8 Å². The Balaban J connectivity index is 1.40. The quantitative estimate of drug-likeness (QED) is 0.286. The summed E-state index contributed by atoms with van der Waals surface area (Å²) in [4.78, 5) is 26.8. The van der Waals surface area contributed by atoms with E-state index in [0.717, 1.165) is 22.5 Å². The minimum absolute atomic E-state index is 0.148. The number of aryl methyl sites for hydroxylation is 1. The SMILES string of the molecule is Cc1cccc(Oc2nc(N(C)Cc3ccccc3)nc3c2CN(C(=O)Nc2ccc(C(C)C)cc2)CC3)c1. The molecule has 0 saturated carbocycles. The van der Waals surface area contributed by atoms with E-state index in [-0.39, 0.29) is 6.03 Å². The molecular weight excluding hydrogens is 486 g/mol. The number of fused-ring (bicyclic) bond motifs is 1. The van der Waals surface area contributed by atoms with E-state index in [4.69, 9.17) is 14.7 Å². The molecule has 200 valence electrons. The summed E-state index contributed by atoms with van der Waals surface area (Å²) in [6.45, 7) is 7.94. The highest BCUT2D eigenvalue weighted by atomic mass is 16.5. The Labute approximate surface area is 230 Å². The van der Waals surface area contributed by atoms with Crippen LogP contribution in [-0.4, -0.2) is 34.5 Å². The first-order valence-corrected chi connectivity index (χ1v) is 13.4. The lowest BCUT2D eigenvalue weighted by Gasteiger charge is -2.30. The van der Waals surface area contributed by atoms with Gasteiger partial charge in [-0.05, 0) is 53.8 Å². The van der Waals surface area contributed by atoms with Gasteiger partial charge in [0, 0.05) is 32.2 Å². The van der Waals surface area contributed by atoms with E-state index in [0.29, 0.717) is 49.6 Å². The molecule has 7 nitrogen and oxygen atoms in total. The molecule has 0 fully saturated rings. The molecule has 5 rings (SSSR count). The molecule has 7 heteroatoms. The van der Waals surface area contributed by atoms with Gasteiger partial charge in [-0.1, -0.05) is 68.4 Å². The molecule has 0 aliphatic carbocycles. The maximum absolute atomic E-state index is 13.2. The molecule has 3 aromatic carbocycles. The third-order valence-electron chi connectivity index (χ3n) is 6.93. The Bertz CT molecular complexity index is 1440. The fourth-order valence-corrected chi connectivity index (χ4v) is 4.67. The second kappa shape index (κ2) is 11.6. The molecular formula is C32H35N5O2. The van der Waals surface area contributed by atoms with Crippen molar-refractivity contribution in [2.45, 2.75) is 46.2 Å². The number of carbonyl (C=O) groups is 1. The first-order chi connectivity index (χ1) is 18.9. The monoisotopic (exact) mass is 521 g/mol. The summed E-state index contributed by atoms with van der Waals surface area (Å²) in [5.74, 6) is 2.24. The second-order valence-electron chi connectivity index (χ2n) is 10.4. The summed E-state index contributed by atoms with van der Waals surface area (Å²) in [6, 6.07) is 26.0. The smallest absolute Gasteiger partial charge is 0.322 e. The van der Waals surface area contributed by atoms with Gasteiger partial charge in [-0.25, -0.2) is 9.78 Å². The number of nitrogens with one attached hydrogen (secondary N) is 1. The molecule has 2 amide bonds. The molecule has 0 saturated heterocycles. The lowest BCUT2D eigenvalue weighted by atomic mass is 10.0. The average Bonchev–Trinajstić information content (AvgIpc) is 2.93. The molecule has 1 N–H and O–H groups in total. The van der Waals surface area contributed by atoms with Gasteiger partial charge in [0.05, 0.1) is 17.8 Å². The average molecular weight is 522 g/mol. The molecule has 0 atom stereocenters. The number of benzene rings is 3. The van der Waals surface area contributed by atoms with Crippen molar-refractivity contribution in [3.63, 3.8) is 0 Å². The number of aromatic nitrogens is 2. The van der Waals surface area contributed by atoms with Gasteiger partial charge in [0.2, 0.25) is 11.8 Å². The van der Waals surface area contributed by atoms with Gasteiger partial charge in [-0.2, -0.15) is 4.98 Å². The summed E-state index contributed by atoms with van der Waals surface area (Å²) < 4.78 is 6.34. The maximum Gasteiger partial charge on any atom is 0.322 e. The molecule has 2 heterocycles. The van der Waals surface area contributed by atoms with Crippen molar-refractivity contribution in [3.05, 3.63) is 107 Å². The predicted molar refractivity (Wildman–Crippen MR) is 155 cm³/mol. The van der Waals surface area contributed by atoms with Crippen LogP contribution >= 0.6 is 0 Å². The Morgan fingerprint density at radius 3 is 2.51 bits per heavy atom. The number of carbonyl (C=O) groups excluding carboxylic acids is 1. The van der Waals surface area contributed by atoms with Crippen LogP contribution in [0.4, 0.5) is 16.4 Å². The van der Waals surface area contributed by atoms with Gasteiger partial charge in [-0.3, -0.25) is 0 Å². The fraction of sp³-hybridized carbons (Fsp3) is 0.281. The molecule has 0 radical (unpaired) electrons. The molecule has 1 aliphatic heterocycles. The van der Waals surface area contributed by atoms with Crippen molar-refractivity contribution in [2.24, 2.45) is 0 Å². The zero-order valence-corrected chi connectivity index (χ0v) is 23.0. The first-order valence-electron chi connectivity index (χ1n) is 13.4. The molecule has 0 bridgehead atoms. The first kappa shape index (κ1) is 26.2. The fourth-order valence-electron chi connectivity index (χ4n) is 4.67. The van der Waals surface area contributed by atoms with E-state index >= 15 is 0 Å². The molecule has 0 unspecified atom stereocenters. The van der Waals surface area contributed by atoms with Gasteiger partial charge in [0.15, 0.2) is 0 Å². The number of urea groups is 1. The van der Waals surface area contributed by atoms with Gasteiger partial charge in [0.1, 0.15) is 5.75 Å². The van der Waals surface area contributed by atoms with Crippen molar-refractivity contribution < 1.29 is 9.53 Å². The molecule has 1 aliphatic rings. The number of hydrogen-bond acceptors (Lipinski definition) is 5. The summed E-state index contributed by atoms with van der Waals surface area (Å²) in [5.41, 5.74) is 6.04. The topological polar surface area (TPSA) is 70.6 Å². The minimum Gasteiger partial charge on any atom is -0.438 e. The maximum atomic E-state index is 13.2. The third-order valence-corrected chi connectivity index (χ3v) is 6.93. The standard InChI is InChI=1S/C32H35N5O2/c1-22(2)25-13-15-26(16-14-25)33-32(38)37-18-17-29-28(21-37)30(39-27-12-8-9-23(3)19-27)35-31(34-29)36(4)20-24-10-6-5-7-11-24/h5-16,19,22H,17-18,20-21H2,1-4H3,(H,33,38). The van der Waals surface area contributed by atoms with Crippen LogP contribution in [0, 0.1) is 6.92 Å². The summed E-state index contributed by atoms with van der Waals surface area (Å²) in [7, 11) is 1.98. The molecule has 0 spiro atoms. The zero-order valence-electron chi connectivity index (χ0n) is 23.0. The van der Waals surface area contributed by atoms with Gasteiger partial charge in [0.25, 0.3) is 0 Å². The molecule has 1 aromatic heterocycles. The van der Waals surface area contributed by atoms with E-state index < -0.39 is 0 Å². The van der Waals surface area contributed by atoms with Crippen molar-refractivity contribution in [3.8, 4) is 11.6 Å². The van der Waals surface area contributed by atoms with E-state index in [1.165, 1.54) is 11.1 Å². The van der Waals surface area contributed by atoms with Crippen LogP contribution in [0.25, 0.3) is 0 Å². The highest BCUT2D eigenvalue weighted by Gasteiger charge is 2.27. The highest BCUT2D eigenvalue weighted by Crippen LogP contribution is 2.32. The summed E-state index contributed by atoms with van der Waals surface area (Å²) in [6.07, 6.45) is 0.619. The zero-order chi connectivity index (χ0) is 27.4. The lowest BCUT2D eigenvalue weighted by molar-refractivity contribution is 0.205. The second-order valence-corrected chi connectivity index (χ2v) is 10.4. The minimum atomic E-state index is -0.148. The molecule has 4 aromatic rings. The Morgan fingerprint density at radius 2 is 1.79 bits per heavy atom. The number of ether oxygens (including phenoxy) is 1. The highest BCUT2D eigenvalue weighted by molar-refractivity contribution is 5.89. The Kier molecular flexibility index (Phi) is 7.77. The van der Waals surface area contributed by atoms with Crippen LogP contribution < -0.4 is 15.0 Å². The number of amides is 2. The number of anilines is 2. The van der Waals surface area contributed by atoms with E-state index in [2.05, 4.69) is 43.4 Å². The largest absolute Gasteiger partial charge is 0.438 e. The van der Waals surface area contributed by atoms with Gasteiger partial charge in [-0.15, -0.1) is 0 Å². The Morgan fingerprint density at radius 1 is 1.03 bits per heavy atom. The van der Waals surface area contributed by atoms with E-state index in [1.807, 2.05) is 73.5 Å². The van der Waals surface area contributed by atoms with Crippen LogP contribution in [0.2, 0.25) is 0 Å². The van der Waals surface area contributed by atoms with Crippen molar-refractivity contribution in [1.82, 2.24) is 14.9 Å². The predicted octanol–water partition coefficient (Wildman–Crippen LogP) is 6.93. The van der Waals surface area contributed by atoms with Crippen LogP contribution in [-0.2, 0) is 19.5 Å². The van der Waals surface area contributed by atoms with Crippen LogP contribution in [0.15, 0.2) is 78.9 Å². The Hall–Kier alpha value is -4.39. The van der Waals surface area contributed by atoms with Crippen LogP contribution in [0.3, 0.4) is 0 Å². The van der Waals surface area contributed by atoms with Crippen molar-refractivity contribution in [1.29, 1.82) is 0 Å². The number of hydrogen-bond donors (Lipinski definition) is 1. The third kappa shape index (κ3) is 6.37. The molecule has 39 heavy (non-hydrogen) atoms. The number of nitrogens with zero attached hydrogens (tertiary/aromatic N) is 4. The van der Waals surface area contributed by atoms with Crippen molar-refractivity contribution >= 4 is 17.7 Å². The summed E-state index contributed by atoms with van der Waals surface area (Å²) >= 11 is 0.